The number of aryl methyl sites for hydroxylation is 1. The third kappa shape index (κ3) is 4.04. The maximum absolute atomic E-state index is 12.9. The van der Waals surface area contributed by atoms with Gasteiger partial charge in [0.05, 0.1) is 34.3 Å². The van der Waals surface area contributed by atoms with Gasteiger partial charge in [0.15, 0.2) is 0 Å². The SMILES string of the molecule is CCOc1ccc2c(C(=O)Nc3ccc(-n4nc(C)c(Cl)c4C)cc3)cc(=O)oc2c1. The molecular weight excluding hydrogens is 418 g/mol. The highest BCUT2D eigenvalue weighted by Gasteiger charge is 2.15. The van der Waals surface area contributed by atoms with E-state index in [4.69, 9.17) is 20.8 Å². The van der Waals surface area contributed by atoms with Crippen LogP contribution in [0, 0.1) is 13.8 Å². The van der Waals surface area contributed by atoms with Crippen molar-refractivity contribution < 1.29 is 13.9 Å². The number of benzene rings is 2. The van der Waals surface area contributed by atoms with E-state index in [1.54, 1.807) is 35.0 Å². The number of carbonyl (C=O) groups is 1. The molecule has 0 fully saturated rings. The van der Waals surface area contributed by atoms with Crippen molar-refractivity contribution in [1.29, 1.82) is 0 Å². The molecule has 1 amide bonds. The van der Waals surface area contributed by atoms with Gasteiger partial charge in [-0.3, -0.25) is 4.79 Å². The summed E-state index contributed by atoms with van der Waals surface area (Å²) in [6.07, 6.45) is 0. The second-order valence-corrected chi connectivity index (χ2v) is 7.35. The number of amides is 1. The Labute approximate surface area is 183 Å². The van der Waals surface area contributed by atoms with Crippen LogP contribution in [0.1, 0.15) is 28.7 Å². The number of carbonyl (C=O) groups excluding carboxylic acids is 1. The molecule has 0 atom stereocenters. The lowest BCUT2D eigenvalue weighted by molar-refractivity contribution is 0.102. The fraction of sp³-hybridized carbons (Fsp3) is 0.174. The average molecular weight is 438 g/mol. The molecule has 0 spiro atoms. The van der Waals surface area contributed by atoms with Crippen LogP contribution < -0.4 is 15.7 Å². The zero-order chi connectivity index (χ0) is 22.1. The molecule has 4 rings (SSSR count). The standard InChI is InChI=1S/C23H20ClN3O4/c1-4-30-17-9-10-18-19(12-21(28)31-20(18)11-17)23(29)25-15-5-7-16(8-6-15)27-14(3)22(24)13(2)26-27/h5-12H,4H2,1-3H3,(H,25,29). The topological polar surface area (TPSA) is 86.4 Å². The van der Waals surface area contributed by atoms with Crippen LogP contribution in [-0.4, -0.2) is 22.3 Å². The molecule has 31 heavy (non-hydrogen) atoms. The number of halogens is 1. The third-order valence-corrected chi connectivity index (χ3v) is 5.39. The molecule has 2 aromatic carbocycles. The van der Waals surface area contributed by atoms with E-state index in [1.807, 2.05) is 32.9 Å². The van der Waals surface area contributed by atoms with Crippen LogP contribution in [0.15, 0.2) is 57.7 Å². The maximum atomic E-state index is 12.9. The first-order chi connectivity index (χ1) is 14.9. The van der Waals surface area contributed by atoms with E-state index in [-0.39, 0.29) is 5.56 Å². The fourth-order valence-corrected chi connectivity index (χ4v) is 3.46. The summed E-state index contributed by atoms with van der Waals surface area (Å²) in [5, 5.41) is 8.39. The Morgan fingerprint density at radius 2 is 1.90 bits per heavy atom. The van der Waals surface area contributed by atoms with E-state index in [9.17, 15) is 9.59 Å². The molecule has 2 heterocycles. The molecule has 0 unspecified atom stereocenters. The van der Waals surface area contributed by atoms with Gasteiger partial charge >= 0.3 is 5.63 Å². The third-order valence-electron chi connectivity index (χ3n) is 4.84. The Hall–Kier alpha value is -3.58. The molecule has 158 valence electrons. The molecular formula is C23H20ClN3O4. The van der Waals surface area contributed by atoms with Crippen LogP contribution in [0.4, 0.5) is 5.69 Å². The van der Waals surface area contributed by atoms with Crippen LogP contribution >= 0.6 is 11.6 Å². The summed E-state index contributed by atoms with van der Waals surface area (Å²) in [7, 11) is 0. The van der Waals surface area contributed by atoms with Gasteiger partial charge in [0, 0.05) is 23.2 Å². The quantitative estimate of drug-likeness (QED) is 0.449. The number of nitrogens with zero attached hydrogens (tertiary/aromatic N) is 2. The number of fused-ring (bicyclic) bond motifs is 1. The number of nitrogens with one attached hydrogen (secondary N) is 1. The summed E-state index contributed by atoms with van der Waals surface area (Å²) < 4.78 is 12.4. The average Bonchev–Trinajstić information content (AvgIpc) is 3.01. The molecule has 0 saturated carbocycles. The van der Waals surface area contributed by atoms with Crippen molar-refractivity contribution in [3.63, 3.8) is 0 Å². The number of aromatic nitrogens is 2. The Morgan fingerprint density at radius 1 is 1.16 bits per heavy atom. The molecule has 0 aliphatic rings. The number of anilines is 1. The van der Waals surface area contributed by atoms with Crippen LogP contribution in [0.3, 0.4) is 0 Å². The largest absolute Gasteiger partial charge is 0.494 e. The second-order valence-electron chi connectivity index (χ2n) is 6.97. The fourth-order valence-electron chi connectivity index (χ4n) is 3.35. The zero-order valence-electron chi connectivity index (χ0n) is 17.2. The van der Waals surface area contributed by atoms with Gasteiger partial charge in [-0.25, -0.2) is 9.48 Å². The van der Waals surface area contributed by atoms with Crippen molar-refractivity contribution in [2.75, 3.05) is 11.9 Å². The normalized spacial score (nSPS) is 11.0. The van der Waals surface area contributed by atoms with Crippen LogP contribution in [0.2, 0.25) is 5.02 Å². The Kier molecular flexibility index (Phi) is 5.52. The van der Waals surface area contributed by atoms with E-state index in [0.717, 1.165) is 17.1 Å². The molecule has 0 bridgehead atoms. The number of rotatable bonds is 5. The summed E-state index contributed by atoms with van der Waals surface area (Å²) in [5.74, 6) is 0.152. The van der Waals surface area contributed by atoms with Gasteiger partial charge in [0.1, 0.15) is 11.3 Å². The molecule has 2 aromatic heterocycles. The summed E-state index contributed by atoms with van der Waals surface area (Å²) in [4.78, 5) is 24.9. The zero-order valence-corrected chi connectivity index (χ0v) is 18.0. The minimum Gasteiger partial charge on any atom is -0.494 e. The van der Waals surface area contributed by atoms with Crippen molar-refractivity contribution in [2.24, 2.45) is 0 Å². The van der Waals surface area contributed by atoms with Gasteiger partial charge in [0.2, 0.25) is 0 Å². The summed E-state index contributed by atoms with van der Waals surface area (Å²) in [6.45, 7) is 6.08. The van der Waals surface area contributed by atoms with Gasteiger partial charge in [-0.05, 0) is 57.2 Å². The van der Waals surface area contributed by atoms with Crippen LogP contribution in [0.5, 0.6) is 5.75 Å². The van der Waals surface area contributed by atoms with Crippen molar-refractivity contribution in [2.45, 2.75) is 20.8 Å². The van der Waals surface area contributed by atoms with Gasteiger partial charge < -0.3 is 14.5 Å². The predicted molar refractivity (Wildman–Crippen MR) is 120 cm³/mol. The van der Waals surface area contributed by atoms with Gasteiger partial charge in [-0.2, -0.15) is 5.10 Å². The molecule has 0 aliphatic heterocycles. The minimum atomic E-state index is -0.608. The summed E-state index contributed by atoms with van der Waals surface area (Å²) in [5.41, 5.74) is 2.89. The first-order valence-electron chi connectivity index (χ1n) is 9.71. The molecule has 0 aliphatic carbocycles. The first-order valence-corrected chi connectivity index (χ1v) is 10.1. The lowest BCUT2D eigenvalue weighted by Crippen LogP contribution is -2.15. The van der Waals surface area contributed by atoms with Crippen molar-refractivity contribution in [1.82, 2.24) is 9.78 Å². The highest BCUT2D eigenvalue weighted by Crippen LogP contribution is 2.25. The van der Waals surface area contributed by atoms with Gasteiger partial charge in [-0.15, -0.1) is 0 Å². The molecule has 7 nitrogen and oxygen atoms in total. The lowest BCUT2D eigenvalue weighted by Gasteiger charge is -2.10. The maximum Gasteiger partial charge on any atom is 0.337 e. The van der Waals surface area contributed by atoms with Crippen molar-refractivity contribution >= 4 is 34.2 Å². The highest BCUT2D eigenvalue weighted by atomic mass is 35.5. The van der Waals surface area contributed by atoms with Crippen LogP contribution in [-0.2, 0) is 0 Å². The number of hydrogen-bond donors (Lipinski definition) is 1. The Bertz CT molecular complexity index is 1340. The van der Waals surface area contributed by atoms with E-state index in [0.29, 0.717) is 34.0 Å². The monoisotopic (exact) mass is 437 g/mol. The first kappa shape index (κ1) is 20.7. The van der Waals surface area contributed by atoms with Gasteiger partial charge in [0.25, 0.3) is 5.91 Å². The number of hydrogen-bond acceptors (Lipinski definition) is 5. The summed E-state index contributed by atoms with van der Waals surface area (Å²) >= 11 is 6.22. The van der Waals surface area contributed by atoms with Crippen molar-refractivity contribution in [3.05, 3.63) is 80.9 Å². The van der Waals surface area contributed by atoms with Crippen molar-refractivity contribution in [3.8, 4) is 11.4 Å². The van der Waals surface area contributed by atoms with Crippen LogP contribution in [0.25, 0.3) is 16.7 Å². The van der Waals surface area contributed by atoms with E-state index >= 15 is 0 Å². The smallest absolute Gasteiger partial charge is 0.337 e. The van der Waals surface area contributed by atoms with E-state index in [2.05, 4.69) is 10.4 Å². The predicted octanol–water partition coefficient (Wildman–Crippen LogP) is 4.90. The lowest BCUT2D eigenvalue weighted by atomic mass is 10.1. The molecule has 0 saturated heterocycles. The molecule has 1 N–H and O–H groups in total. The molecule has 8 heteroatoms. The molecule has 0 radical (unpaired) electrons. The summed E-state index contributed by atoms with van der Waals surface area (Å²) in [6, 6.07) is 13.4. The molecule has 4 aromatic rings. The second kappa shape index (κ2) is 8.28. The minimum absolute atomic E-state index is 0.226. The van der Waals surface area contributed by atoms with E-state index in [1.165, 1.54) is 6.07 Å². The number of ether oxygens (including phenoxy) is 1. The Balaban J connectivity index is 1.61. The van der Waals surface area contributed by atoms with Gasteiger partial charge in [-0.1, -0.05) is 11.6 Å². The van der Waals surface area contributed by atoms with E-state index < -0.39 is 11.5 Å². The highest BCUT2D eigenvalue weighted by molar-refractivity contribution is 6.31. The Morgan fingerprint density at radius 3 is 2.55 bits per heavy atom.